The number of aryl methyl sites for hydroxylation is 2. The zero-order chi connectivity index (χ0) is 13.2. The summed E-state index contributed by atoms with van der Waals surface area (Å²) in [6.07, 6.45) is 3.20. The van der Waals surface area contributed by atoms with E-state index in [-0.39, 0.29) is 0 Å². The quantitative estimate of drug-likeness (QED) is 0.869. The highest BCUT2D eigenvalue weighted by Gasteiger charge is 2.18. The average molecular weight is 274 g/mol. The van der Waals surface area contributed by atoms with Crippen molar-refractivity contribution >= 4 is 17.4 Å². The van der Waals surface area contributed by atoms with Gasteiger partial charge in [-0.15, -0.1) is 0 Å². The van der Waals surface area contributed by atoms with Crippen molar-refractivity contribution in [2.24, 2.45) is 0 Å². The van der Waals surface area contributed by atoms with Crippen molar-refractivity contribution in [3.8, 4) is 0 Å². The lowest BCUT2D eigenvalue weighted by Gasteiger charge is -2.10. The molecule has 0 saturated heterocycles. The van der Waals surface area contributed by atoms with Crippen LogP contribution in [0.1, 0.15) is 28.8 Å². The molecule has 3 nitrogen and oxygen atoms in total. The summed E-state index contributed by atoms with van der Waals surface area (Å²) in [7, 11) is 0. The smallest absolute Gasteiger partial charge is 0.224 e. The van der Waals surface area contributed by atoms with Gasteiger partial charge in [0.05, 0.1) is 5.69 Å². The fourth-order valence-corrected chi connectivity index (χ4v) is 2.63. The molecule has 1 heterocycles. The van der Waals surface area contributed by atoms with Gasteiger partial charge < -0.3 is 5.32 Å². The predicted octanol–water partition coefficient (Wildman–Crippen LogP) is 3.54. The molecule has 0 atom stereocenters. The average Bonchev–Trinajstić information content (AvgIpc) is 2.85. The van der Waals surface area contributed by atoms with E-state index in [1.165, 1.54) is 16.7 Å². The number of fused-ring (bicyclic) bond motifs is 1. The van der Waals surface area contributed by atoms with Crippen LogP contribution < -0.4 is 5.32 Å². The first-order chi connectivity index (χ1) is 9.22. The summed E-state index contributed by atoms with van der Waals surface area (Å²) in [5.74, 6) is 0.896. The number of nitrogens with one attached hydrogen (secondary N) is 1. The number of nitrogens with zero attached hydrogens (tertiary/aromatic N) is 2. The molecule has 0 bridgehead atoms. The predicted molar refractivity (Wildman–Crippen MR) is 77.6 cm³/mol. The van der Waals surface area contributed by atoms with Crippen LogP contribution in [0.3, 0.4) is 0 Å². The van der Waals surface area contributed by atoms with E-state index in [1.807, 2.05) is 0 Å². The van der Waals surface area contributed by atoms with Crippen LogP contribution in [0.4, 0.5) is 5.82 Å². The third kappa shape index (κ3) is 2.71. The number of aromatic nitrogens is 2. The molecule has 98 valence electrons. The summed E-state index contributed by atoms with van der Waals surface area (Å²) in [6, 6.07) is 8.50. The molecule has 0 unspecified atom stereocenters. The Bertz CT molecular complexity index is 593. The highest BCUT2D eigenvalue weighted by Crippen LogP contribution is 2.27. The van der Waals surface area contributed by atoms with E-state index in [9.17, 15) is 0 Å². The van der Waals surface area contributed by atoms with Gasteiger partial charge in [0.2, 0.25) is 5.28 Å². The van der Waals surface area contributed by atoms with Gasteiger partial charge in [-0.05, 0) is 43.4 Å². The van der Waals surface area contributed by atoms with Crippen LogP contribution in [-0.4, -0.2) is 9.97 Å². The fourth-order valence-electron chi connectivity index (χ4n) is 2.44. The molecule has 19 heavy (non-hydrogen) atoms. The maximum atomic E-state index is 5.97. The number of hydrogen-bond donors (Lipinski definition) is 1. The minimum Gasteiger partial charge on any atom is -0.366 e. The van der Waals surface area contributed by atoms with Crippen molar-refractivity contribution in [2.45, 2.75) is 32.7 Å². The first kappa shape index (κ1) is 12.4. The van der Waals surface area contributed by atoms with Crippen LogP contribution in [0.15, 0.2) is 24.3 Å². The molecule has 2 aromatic rings. The van der Waals surface area contributed by atoms with Crippen LogP contribution in [0.2, 0.25) is 5.28 Å². The zero-order valence-electron chi connectivity index (χ0n) is 10.9. The molecule has 0 spiro atoms. The number of rotatable bonds is 3. The van der Waals surface area contributed by atoms with E-state index in [0.29, 0.717) is 5.28 Å². The van der Waals surface area contributed by atoms with Crippen LogP contribution >= 0.6 is 11.6 Å². The molecule has 3 rings (SSSR count). The Kier molecular flexibility index (Phi) is 3.38. The van der Waals surface area contributed by atoms with Crippen LogP contribution in [0, 0.1) is 6.92 Å². The van der Waals surface area contributed by atoms with E-state index in [2.05, 4.69) is 46.5 Å². The van der Waals surface area contributed by atoms with Crippen molar-refractivity contribution in [1.82, 2.24) is 9.97 Å². The Morgan fingerprint density at radius 1 is 1.16 bits per heavy atom. The van der Waals surface area contributed by atoms with Crippen molar-refractivity contribution < 1.29 is 0 Å². The highest BCUT2D eigenvalue weighted by atomic mass is 35.5. The number of hydrogen-bond acceptors (Lipinski definition) is 3. The van der Waals surface area contributed by atoms with Gasteiger partial charge in [0, 0.05) is 12.1 Å². The maximum Gasteiger partial charge on any atom is 0.224 e. The minimum absolute atomic E-state index is 0.340. The molecule has 0 saturated carbocycles. The summed E-state index contributed by atoms with van der Waals surface area (Å²) < 4.78 is 0. The first-order valence-electron chi connectivity index (χ1n) is 6.57. The fraction of sp³-hybridized carbons (Fsp3) is 0.333. The topological polar surface area (TPSA) is 37.8 Å². The molecule has 1 aromatic carbocycles. The van der Waals surface area contributed by atoms with E-state index in [4.69, 9.17) is 11.6 Å². The third-order valence-electron chi connectivity index (χ3n) is 3.49. The Balaban J connectivity index is 1.78. The SMILES string of the molecule is Cc1ccc(CNc2nc(Cl)nc3c2CCC3)cc1. The lowest BCUT2D eigenvalue weighted by molar-refractivity contribution is 0.899. The van der Waals surface area contributed by atoms with Crippen LogP contribution in [0.5, 0.6) is 0 Å². The molecule has 0 amide bonds. The highest BCUT2D eigenvalue weighted by molar-refractivity contribution is 6.28. The molecular formula is C15H16ClN3. The standard InChI is InChI=1S/C15H16ClN3/c1-10-5-7-11(8-6-10)9-17-14-12-3-2-4-13(12)18-15(16)19-14/h5-8H,2-4,9H2,1H3,(H,17,18,19). The summed E-state index contributed by atoms with van der Waals surface area (Å²) >= 11 is 5.97. The minimum atomic E-state index is 0.340. The molecule has 0 aliphatic heterocycles. The van der Waals surface area contributed by atoms with Gasteiger partial charge in [0.1, 0.15) is 5.82 Å². The van der Waals surface area contributed by atoms with Crippen molar-refractivity contribution in [2.75, 3.05) is 5.32 Å². The molecule has 1 aromatic heterocycles. The lowest BCUT2D eigenvalue weighted by atomic mass is 10.1. The summed E-state index contributed by atoms with van der Waals surface area (Å²) in [4.78, 5) is 8.62. The summed E-state index contributed by atoms with van der Waals surface area (Å²) in [5, 5.41) is 3.73. The second-order valence-electron chi connectivity index (χ2n) is 4.96. The van der Waals surface area contributed by atoms with E-state index >= 15 is 0 Å². The van der Waals surface area contributed by atoms with Gasteiger partial charge in [0.15, 0.2) is 0 Å². The molecule has 0 fully saturated rings. The second-order valence-corrected chi connectivity index (χ2v) is 5.30. The Morgan fingerprint density at radius 2 is 1.95 bits per heavy atom. The van der Waals surface area contributed by atoms with E-state index < -0.39 is 0 Å². The van der Waals surface area contributed by atoms with Crippen LogP contribution in [-0.2, 0) is 19.4 Å². The van der Waals surface area contributed by atoms with Gasteiger partial charge in [0.25, 0.3) is 0 Å². The Labute approximate surface area is 118 Å². The largest absolute Gasteiger partial charge is 0.366 e. The molecule has 0 radical (unpaired) electrons. The van der Waals surface area contributed by atoms with Crippen molar-refractivity contribution in [1.29, 1.82) is 0 Å². The van der Waals surface area contributed by atoms with Gasteiger partial charge in [-0.3, -0.25) is 0 Å². The van der Waals surface area contributed by atoms with Crippen LogP contribution in [0.25, 0.3) is 0 Å². The Morgan fingerprint density at radius 3 is 2.74 bits per heavy atom. The Hall–Kier alpha value is -1.61. The molecular weight excluding hydrogens is 258 g/mol. The van der Waals surface area contributed by atoms with Gasteiger partial charge >= 0.3 is 0 Å². The van der Waals surface area contributed by atoms with E-state index in [1.54, 1.807) is 0 Å². The zero-order valence-corrected chi connectivity index (χ0v) is 11.7. The van der Waals surface area contributed by atoms with E-state index in [0.717, 1.165) is 37.3 Å². The number of anilines is 1. The molecule has 1 N–H and O–H groups in total. The first-order valence-corrected chi connectivity index (χ1v) is 6.95. The van der Waals surface area contributed by atoms with Crippen molar-refractivity contribution in [3.63, 3.8) is 0 Å². The molecule has 1 aliphatic rings. The molecule has 4 heteroatoms. The van der Waals surface area contributed by atoms with Gasteiger partial charge in [-0.2, -0.15) is 0 Å². The van der Waals surface area contributed by atoms with Gasteiger partial charge in [-0.25, -0.2) is 9.97 Å². The molecule has 1 aliphatic carbocycles. The third-order valence-corrected chi connectivity index (χ3v) is 3.66. The summed E-state index contributed by atoms with van der Waals surface area (Å²) in [5.41, 5.74) is 4.85. The lowest BCUT2D eigenvalue weighted by Crippen LogP contribution is -2.06. The van der Waals surface area contributed by atoms with Gasteiger partial charge in [-0.1, -0.05) is 29.8 Å². The number of halogens is 1. The number of benzene rings is 1. The van der Waals surface area contributed by atoms with Crippen molar-refractivity contribution in [3.05, 3.63) is 51.9 Å². The normalized spacial score (nSPS) is 13.4. The monoisotopic (exact) mass is 273 g/mol. The summed E-state index contributed by atoms with van der Waals surface area (Å²) in [6.45, 7) is 2.86. The second kappa shape index (κ2) is 5.17. The maximum absolute atomic E-state index is 5.97.